The molecule has 1 aromatic carbocycles. The number of rotatable bonds is 6. The van der Waals surface area contributed by atoms with Crippen molar-refractivity contribution in [2.75, 3.05) is 6.79 Å². The van der Waals surface area contributed by atoms with E-state index in [0.717, 1.165) is 23.3 Å². The molecule has 9 heteroatoms. The van der Waals surface area contributed by atoms with Gasteiger partial charge in [0, 0.05) is 12.6 Å². The van der Waals surface area contributed by atoms with E-state index in [4.69, 9.17) is 9.47 Å². The number of fused-ring (bicyclic) bond motifs is 1. The van der Waals surface area contributed by atoms with Crippen molar-refractivity contribution < 1.29 is 14.3 Å². The van der Waals surface area contributed by atoms with Crippen molar-refractivity contribution in [1.29, 1.82) is 0 Å². The number of hydrogen-bond donors (Lipinski definition) is 1. The first-order valence-electron chi connectivity index (χ1n) is 9.07. The second kappa shape index (κ2) is 6.83. The summed E-state index contributed by atoms with van der Waals surface area (Å²) < 4.78 is 13.6. The molecule has 28 heavy (non-hydrogen) atoms. The maximum absolute atomic E-state index is 12.8. The normalized spacial score (nSPS) is 15.0. The van der Waals surface area contributed by atoms with Crippen LogP contribution in [0.1, 0.15) is 24.4 Å². The van der Waals surface area contributed by atoms with Crippen molar-refractivity contribution in [3.8, 4) is 22.2 Å². The fourth-order valence-corrected chi connectivity index (χ4v) is 3.91. The minimum atomic E-state index is -0.266. The van der Waals surface area contributed by atoms with Gasteiger partial charge in [0.1, 0.15) is 6.54 Å². The van der Waals surface area contributed by atoms with Crippen LogP contribution in [0.15, 0.2) is 40.5 Å². The predicted molar refractivity (Wildman–Crippen MR) is 102 cm³/mol. The van der Waals surface area contributed by atoms with Crippen LogP contribution in [0, 0.1) is 0 Å². The van der Waals surface area contributed by atoms with E-state index in [1.165, 1.54) is 16.0 Å². The molecule has 1 aliphatic carbocycles. The van der Waals surface area contributed by atoms with Gasteiger partial charge in [-0.3, -0.25) is 9.36 Å². The Hall–Kier alpha value is -3.07. The SMILES string of the molecule is O=C(Cn1nc(-c2cccs2)n(C2CC2)c1=O)NCc1ccc2c(c1)OCO2. The van der Waals surface area contributed by atoms with E-state index in [9.17, 15) is 9.59 Å². The van der Waals surface area contributed by atoms with Gasteiger partial charge in [0.05, 0.1) is 4.88 Å². The van der Waals surface area contributed by atoms with Gasteiger partial charge >= 0.3 is 5.69 Å². The number of nitrogens with zero attached hydrogens (tertiary/aromatic N) is 3. The van der Waals surface area contributed by atoms with E-state index in [-0.39, 0.29) is 31.0 Å². The number of ether oxygens (including phenoxy) is 2. The first kappa shape index (κ1) is 17.1. The van der Waals surface area contributed by atoms with Crippen molar-refractivity contribution >= 4 is 17.2 Å². The van der Waals surface area contributed by atoms with E-state index in [0.29, 0.717) is 23.9 Å². The maximum atomic E-state index is 12.8. The number of aromatic nitrogens is 3. The Labute approximate surface area is 164 Å². The summed E-state index contributed by atoms with van der Waals surface area (Å²) >= 11 is 1.54. The Balaban J connectivity index is 1.30. The van der Waals surface area contributed by atoms with Crippen LogP contribution in [-0.2, 0) is 17.9 Å². The maximum Gasteiger partial charge on any atom is 0.346 e. The van der Waals surface area contributed by atoms with E-state index >= 15 is 0 Å². The molecule has 3 heterocycles. The average Bonchev–Trinajstić information content (AvgIpc) is 3.10. The van der Waals surface area contributed by atoms with Crippen molar-refractivity contribution in [3.05, 3.63) is 51.8 Å². The zero-order valence-corrected chi connectivity index (χ0v) is 15.8. The van der Waals surface area contributed by atoms with Crippen molar-refractivity contribution in [3.63, 3.8) is 0 Å². The summed E-state index contributed by atoms with van der Waals surface area (Å²) in [7, 11) is 0. The lowest BCUT2D eigenvalue weighted by Gasteiger charge is -2.06. The smallest absolute Gasteiger partial charge is 0.346 e. The number of amides is 1. The fourth-order valence-electron chi connectivity index (χ4n) is 3.20. The zero-order valence-electron chi connectivity index (χ0n) is 15.0. The molecule has 8 nitrogen and oxygen atoms in total. The monoisotopic (exact) mass is 398 g/mol. The van der Waals surface area contributed by atoms with E-state index in [2.05, 4.69) is 10.4 Å². The van der Waals surface area contributed by atoms with Crippen molar-refractivity contribution in [2.24, 2.45) is 0 Å². The van der Waals surface area contributed by atoms with Gasteiger partial charge in [-0.25, -0.2) is 9.48 Å². The molecule has 2 aromatic heterocycles. The minimum Gasteiger partial charge on any atom is -0.454 e. The number of thiophene rings is 1. The first-order valence-corrected chi connectivity index (χ1v) is 9.95. The summed E-state index contributed by atoms with van der Waals surface area (Å²) in [5, 5.41) is 9.22. The summed E-state index contributed by atoms with van der Waals surface area (Å²) in [6, 6.07) is 9.59. The third kappa shape index (κ3) is 3.18. The molecule has 144 valence electrons. The lowest BCUT2D eigenvalue weighted by molar-refractivity contribution is -0.122. The van der Waals surface area contributed by atoms with Crippen LogP contribution in [0.25, 0.3) is 10.7 Å². The van der Waals surface area contributed by atoms with Crippen LogP contribution in [0.4, 0.5) is 0 Å². The molecule has 5 rings (SSSR count). The largest absolute Gasteiger partial charge is 0.454 e. The molecular formula is C19H18N4O4S. The molecule has 0 unspecified atom stereocenters. The molecule has 0 atom stereocenters. The molecule has 1 N–H and O–H groups in total. The summed E-state index contributed by atoms with van der Waals surface area (Å²) in [6.45, 7) is 0.442. The molecule has 1 aliphatic heterocycles. The molecule has 0 saturated heterocycles. The highest BCUT2D eigenvalue weighted by molar-refractivity contribution is 7.13. The number of nitrogens with one attached hydrogen (secondary N) is 1. The minimum absolute atomic E-state index is 0.110. The highest BCUT2D eigenvalue weighted by Crippen LogP contribution is 2.37. The molecule has 2 aliphatic rings. The molecule has 1 fully saturated rings. The van der Waals surface area contributed by atoms with Crippen LogP contribution in [0.3, 0.4) is 0 Å². The second-order valence-corrected chi connectivity index (χ2v) is 7.75. The van der Waals surface area contributed by atoms with Gasteiger partial charge in [-0.05, 0) is 42.0 Å². The molecular weight excluding hydrogens is 380 g/mol. The summed E-state index contributed by atoms with van der Waals surface area (Å²) in [4.78, 5) is 26.1. The Morgan fingerprint density at radius 2 is 2.11 bits per heavy atom. The third-order valence-corrected chi connectivity index (χ3v) is 5.61. The molecule has 0 bridgehead atoms. The van der Waals surface area contributed by atoms with Crippen LogP contribution >= 0.6 is 11.3 Å². The molecule has 1 amide bonds. The first-order chi connectivity index (χ1) is 13.7. The number of benzene rings is 1. The second-order valence-electron chi connectivity index (χ2n) is 6.81. The number of carbonyl (C=O) groups is 1. The summed E-state index contributed by atoms with van der Waals surface area (Å²) in [5.74, 6) is 1.75. The van der Waals surface area contributed by atoms with Gasteiger partial charge in [-0.2, -0.15) is 0 Å². The Bertz CT molecular complexity index is 1080. The van der Waals surface area contributed by atoms with Crippen molar-refractivity contribution in [1.82, 2.24) is 19.7 Å². The molecule has 3 aromatic rings. The van der Waals surface area contributed by atoms with E-state index in [1.807, 2.05) is 35.7 Å². The lowest BCUT2D eigenvalue weighted by Crippen LogP contribution is -2.33. The Kier molecular flexibility index (Phi) is 4.16. The third-order valence-electron chi connectivity index (χ3n) is 4.74. The summed E-state index contributed by atoms with van der Waals surface area (Å²) in [5.41, 5.74) is 0.664. The van der Waals surface area contributed by atoms with Crippen molar-refractivity contribution in [2.45, 2.75) is 32.0 Å². The lowest BCUT2D eigenvalue weighted by atomic mass is 10.2. The van der Waals surface area contributed by atoms with Gasteiger partial charge in [0.15, 0.2) is 17.3 Å². The van der Waals surface area contributed by atoms with Gasteiger partial charge in [-0.15, -0.1) is 16.4 Å². The summed E-state index contributed by atoms with van der Waals surface area (Å²) in [6.07, 6.45) is 1.95. The Morgan fingerprint density at radius 3 is 2.89 bits per heavy atom. The number of carbonyl (C=O) groups excluding carboxylic acids is 1. The van der Waals surface area contributed by atoms with Crippen LogP contribution < -0.4 is 20.5 Å². The van der Waals surface area contributed by atoms with Gasteiger partial charge in [-0.1, -0.05) is 12.1 Å². The molecule has 0 spiro atoms. The molecule has 0 radical (unpaired) electrons. The van der Waals surface area contributed by atoms with Crippen LogP contribution in [0.2, 0.25) is 0 Å². The van der Waals surface area contributed by atoms with Crippen LogP contribution in [0.5, 0.6) is 11.5 Å². The Morgan fingerprint density at radius 1 is 1.25 bits per heavy atom. The van der Waals surface area contributed by atoms with Gasteiger partial charge in [0.25, 0.3) is 0 Å². The van der Waals surface area contributed by atoms with E-state index < -0.39 is 0 Å². The highest BCUT2D eigenvalue weighted by atomic mass is 32.1. The molecule has 1 saturated carbocycles. The van der Waals surface area contributed by atoms with Crippen LogP contribution in [-0.4, -0.2) is 27.0 Å². The van der Waals surface area contributed by atoms with E-state index in [1.54, 1.807) is 4.57 Å². The predicted octanol–water partition coefficient (Wildman–Crippen LogP) is 2.15. The van der Waals surface area contributed by atoms with Gasteiger partial charge < -0.3 is 14.8 Å². The topological polar surface area (TPSA) is 87.4 Å². The number of hydrogen-bond acceptors (Lipinski definition) is 6. The highest BCUT2D eigenvalue weighted by Gasteiger charge is 2.31. The fraction of sp³-hybridized carbons (Fsp3) is 0.316. The standard InChI is InChI=1S/C19H18N4O4S/c24-17(20-9-12-3-6-14-15(8-12)27-11-26-14)10-22-19(25)23(13-4-5-13)18(21-22)16-2-1-7-28-16/h1-3,6-8,13H,4-5,9-11H2,(H,20,24). The van der Waals surface area contributed by atoms with Gasteiger partial charge in [0.2, 0.25) is 12.7 Å². The average molecular weight is 398 g/mol. The quantitative estimate of drug-likeness (QED) is 0.688. The zero-order chi connectivity index (χ0) is 19.1.